The average Bonchev–Trinajstić information content (AvgIpc) is 2.35. The Morgan fingerprint density at radius 2 is 1.94 bits per heavy atom. The first-order chi connectivity index (χ1) is 8.61. The van der Waals surface area contributed by atoms with Crippen molar-refractivity contribution in [2.24, 2.45) is 0 Å². The Bertz CT molecular complexity index is 453. The predicted octanol–water partition coefficient (Wildman–Crippen LogP) is 1.95. The van der Waals surface area contributed by atoms with Crippen LogP contribution in [0.3, 0.4) is 0 Å². The molecule has 1 amide bonds. The van der Waals surface area contributed by atoms with E-state index in [0.29, 0.717) is 13.0 Å². The Kier molecular flexibility index (Phi) is 3.65. The van der Waals surface area contributed by atoms with Crippen LogP contribution in [0.5, 0.6) is 5.75 Å². The Labute approximate surface area is 107 Å². The van der Waals surface area contributed by atoms with Crippen LogP contribution in [0.1, 0.15) is 31.4 Å². The van der Waals surface area contributed by atoms with Gasteiger partial charge in [0.15, 0.2) is 0 Å². The number of nitrogens with zero attached hydrogens (tertiary/aromatic N) is 1. The molecule has 1 aliphatic heterocycles. The quantitative estimate of drug-likeness (QED) is 0.767. The van der Waals surface area contributed by atoms with Crippen LogP contribution in [0.15, 0.2) is 24.3 Å². The van der Waals surface area contributed by atoms with E-state index < -0.39 is 0 Å². The van der Waals surface area contributed by atoms with Crippen molar-refractivity contribution in [1.29, 1.82) is 0 Å². The molecular weight excluding hydrogens is 230 g/mol. The molecule has 2 rings (SSSR count). The van der Waals surface area contributed by atoms with Gasteiger partial charge in [0, 0.05) is 13.5 Å². The van der Waals surface area contributed by atoms with Crippen molar-refractivity contribution in [3.8, 4) is 5.75 Å². The van der Waals surface area contributed by atoms with Crippen molar-refractivity contribution in [3.63, 3.8) is 0 Å². The molecule has 0 radical (unpaired) electrons. The third-order valence-electron chi connectivity index (χ3n) is 3.21. The van der Waals surface area contributed by atoms with Crippen molar-refractivity contribution < 1.29 is 14.3 Å². The second-order valence-corrected chi connectivity index (χ2v) is 4.44. The number of likely N-dealkylation sites (tertiary alicyclic amines) is 1. The van der Waals surface area contributed by atoms with Crippen molar-refractivity contribution >= 4 is 11.7 Å². The minimum absolute atomic E-state index is 0.0111. The van der Waals surface area contributed by atoms with Crippen LogP contribution in [0, 0.1) is 0 Å². The summed E-state index contributed by atoms with van der Waals surface area (Å²) in [4.78, 5) is 24.8. The van der Waals surface area contributed by atoms with Crippen LogP contribution in [-0.2, 0) is 9.59 Å². The molecular formula is C14H17NO3. The number of Topliss-reactive ketones (excluding diaryl/α,β-unsaturated/α-hetero) is 1. The number of amides is 1. The Balaban J connectivity index is 2.19. The number of ether oxygens (including phenoxy) is 1. The lowest BCUT2D eigenvalue weighted by Crippen LogP contribution is -2.38. The molecule has 1 fully saturated rings. The third kappa shape index (κ3) is 2.53. The molecule has 4 heteroatoms. The summed E-state index contributed by atoms with van der Waals surface area (Å²) in [6.45, 7) is 2.56. The van der Waals surface area contributed by atoms with Gasteiger partial charge in [-0.15, -0.1) is 0 Å². The predicted molar refractivity (Wildman–Crippen MR) is 67.4 cm³/mol. The van der Waals surface area contributed by atoms with Gasteiger partial charge in [-0.2, -0.15) is 0 Å². The van der Waals surface area contributed by atoms with Crippen LogP contribution in [0.4, 0.5) is 0 Å². The standard InChI is InChI=1S/C14H17NO3/c1-3-18-12-6-4-10(5-7-12)13-8-11(16)9-14(17)15(13)2/h4-7,13H,3,8-9H2,1-2H3. The fourth-order valence-corrected chi connectivity index (χ4v) is 2.19. The second-order valence-electron chi connectivity index (χ2n) is 4.44. The van der Waals surface area contributed by atoms with Gasteiger partial charge in [0.2, 0.25) is 5.91 Å². The highest BCUT2D eigenvalue weighted by Gasteiger charge is 2.30. The first-order valence-electron chi connectivity index (χ1n) is 6.12. The smallest absolute Gasteiger partial charge is 0.230 e. The van der Waals surface area contributed by atoms with Crippen molar-refractivity contribution in [2.75, 3.05) is 13.7 Å². The van der Waals surface area contributed by atoms with Gasteiger partial charge in [0.05, 0.1) is 19.1 Å². The minimum Gasteiger partial charge on any atom is -0.494 e. The molecule has 0 aliphatic carbocycles. The van der Waals surface area contributed by atoms with Gasteiger partial charge in [-0.3, -0.25) is 9.59 Å². The largest absolute Gasteiger partial charge is 0.494 e. The molecule has 0 N–H and O–H groups in total. The lowest BCUT2D eigenvalue weighted by molar-refractivity contribution is -0.141. The maximum atomic E-state index is 11.6. The summed E-state index contributed by atoms with van der Waals surface area (Å²) >= 11 is 0. The molecule has 0 saturated carbocycles. The number of rotatable bonds is 3. The van der Waals surface area contributed by atoms with E-state index in [9.17, 15) is 9.59 Å². The van der Waals surface area contributed by atoms with Gasteiger partial charge in [-0.1, -0.05) is 12.1 Å². The number of hydrogen-bond acceptors (Lipinski definition) is 3. The molecule has 1 unspecified atom stereocenters. The Morgan fingerprint density at radius 1 is 1.28 bits per heavy atom. The Morgan fingerprint density at radius 3 is 2.56 bits per heavy atom. The molecule has 1 aromatic carbocycles. The van der Waals surface area contributed by atoms with Gasteiger partial charge in [-0.05, 0) is 24.6 Å². The highest BCUT2D eigenvalue weighted by molar-refractivity contribution is 6.00. The number of ketones is 1. The van der Waals surface area contributed by atoms with E-state index >= 15 is 0 Å². The van der Waals surface area contributed by atoms with Crippen molar-refractivity contribution in [3.05, 3.63) is 29.8 Å². The highest BCUT2D eigenvalue weighted by atomic mass is 16.5. The zero-order chi connectivity index (χ0) is 13.1. The molecule has 96 valence electrons. The summed E-state index contributed by atoms with van der Waals surface area (Å²) in [6.07, 6.45) is 0.431. The van der Waals surface area contributed by atoms with Gasteiger partial charge in [0.25, 0.3) is 0 Å². The number of benzene rings is 1. The summed E-state index contributed by atoms with van der Waals surface area (Å²) in [5.74, 6) is 0.708. The number of hydrogen-bond donors (Lipinski definition) is 0. The maximum Gasteiger partial charge on any atom is 0.230 e. The highest BCUT2D eigenvalue weighted by Crippen LogP contribution is 2.29. The fraction of sp³-hybridized carbons (Fsp3) is 0.429. The van der Waals surface area contributed by atoms with E-state index in [0.717, 1.165) is 11.3 Å². The fourth-order valence-electron chi connectivity index (χ4n) is 2.19. The normalized spacial score (nSPS) is 20.1. The monoisotopic (exact) mass is 247 g/mol. The molecule has 4 nitrogen and oxygen atoms in total. The Hall–Kier alpha value is -1.84. The van der Waals surface area contributed by atoms with E-state index in [4.69, 9.17) is 4.74 Å². The first kappa shape index (κ1) is 12.6. The van der Waals surface area contributed by atoms with Crippen molar-refractivity contribution in [1.82, 2.24) is 4.90 Å². The van der Waals surface area contributed by atoms with E-state index in [1.54, 1.807) is 11.9 Å². The van der Waals surface area contributed by atoms with Gasteiger partial charge < -0.3 is 9.64 Å². The number of carbonyl (C=O) groups excluding carboxylic acids is 2. The number of piperidine rings is 1. The summed E-state index contributed by atoms with van der Waals surface area (Å²) < 4.78 is 5.37. The lowest BCUT2D eigenvalue weighted by atomic mass is 9.94. The van der Waals surface area contributed by atoms with E-state index in [-0.39, 0.29) is 24.2 Å². The first-order valence-corrected chi connectivity index (χ1v) is 6.12. The SMILES string of the molecule is CCOc1ccc(C2CC(=O)CC(=O)N2C)cc1. The van der Waals surface area contributed by atoms with Gasteiger partial charge in [-0.25, -0.2) is 0 Å². The summed E-state index contributed by atoms with van der Waals surface area (Å²) in [5.41, 5.74) is 0.974. The molecule has 1 aromatic rings. The third-order valence-corrected chi connectivity index (χ3v) is 3.21. The van der Waals surface area contributed by atoms with Crippen LogP contribution in [-0.4, -0.2) is 30.2 Å². The van der Waals surface area contributed by atoms with Crippen molar-refractivity contribution in [2.45, 2.75) is 25.8 Å². The molecule has 0 bridgehead atoms. The summed E-state index contributed by atoms with van der Waals surface area (Å²) in [7, 11) is 1.75. The van der Waals surface area contributed by atoms with Crippen LogP contribution in [0.25, 0.3) is 0 Å². The van der Waals surface area contributed by atoms with Gasteiger partial charge in [0.1, 0.15) is 11.5 Å². The maximum absolute atomic E-state index is 11.6. The average molecular weight is 247 g/mol. The molecule has 0 aromatic heterocycles. The van der Waals surface area contributed by atoms with Gasteiger partial charge >= 0.3 is 0 Å². The topological polar surface area (TPSA) is 46.6 Å². The van der Waals surface area contributed by atoms with E-state index in [1.165, 1.54) is 0 Å². The summed E-state index contributed by atoms with van der Waals surface area (Å²) in [5, 5.41) is 0. The molecule has 1 heterocycles. The zero-order valence-electron chi connectivity index (χ0n) is 10.7. The van der Waals surface area contributed by atoms with E-state index in [1.807, 2.05) is 31.2 Å². The molecule has 1 aliphatic rings. The molecule has 0 spiro atoms. The molecule has 18 heavy (non-hydrogen) atoms. The zero-order valence-corrected chi connectivity index (χ0v) is 10.7. The summed E-state index contributed by atoms with van der Waals surface area (Å²) in [6, 6.07) is 7.43. The second kappa shape index (κ2) is 5.21. The van der Waals surface area contributed by atoms with Crippen LogP contribution < -0.4 is 4.74 Å². The lowest BCUT2D eigenvalue weighted by Gasteiger charge is -2.32. The minimum atomic E-state index is -0.144. The van der Waals surface area contributed by atoms with Crippen LogP contribution in [0.2, 0.25) is 0 Å². The number of carbonyl (C=O) groups is 2. The van der Waals surface area contributed by atoms with Crippen LogP contribution >= 0.6 is 0 Å². The van der Waals surface area contributed by atoms with E-state index in [2.05, 4.69) is 0 Å². The molecule has 1 atom stereocenters. The molecule has 1 saturated heterocycles.